The fourth-order valence-corrected chi connectivity index (χ4v) is 3.72. The van der Waals surface area contributed by atoms with E-state index in [4.69, 9.17) is 4.42 Å². The zero-order chi connectivity index (χ0) is 17.2. The van der Waals surface area contributed by atoms with Crippen molar-refractivity contribution in [3.8, 4) is 10.8 Å². The van der Waals surface area contributed by atoms with Gasteiger partial charge in [0.15, 0.2) is 0 Å². The third-order valence-corrected chi connectivity index (χ3v) is 5.74. The highest BCUT2D eigenvalue weighted by Gasteiger charge is 2.16. The van der Waals surface area contributed by atoms with E-state index in [1.807, 2.05) is 29.6 Å². The molecule has 24 heavy (non-hydrogen) atoms. The molecule has 0 amide bonds. The van der Waals surface area contributed by atoms with Gasteiger partial charge < -0.3 is 4.42 Å². The second-order valence-electron chi connectivity index (χ2n) is 5.53. The molecule has 0 saturated heterocycles. The van der Waals surface area contributed by atoms with Crippen molar-refractivity contribution < 1.29 is 12.8 Å². The van der Waals surface area contributed by atoms with E-state index in [0.29, 0.717) is 11.8 Å². The van der Waals surface area contributed by atoms with Crippen molar-refractivity contribution in [1.82, 2.24) is 14.9 Å². The van der Waals surface area contributed by atoms with Crippen LogP contribution in [0.2, 0.25) is 0 Å². The Labute approximate surface area is 144 Å². The fourth-order valence-electron chi connectivity index (χ4n) is 2.10. The van der Waals surface area contributed by atoms with Crippen LogP contribution >= 0.6 is 11.3 Å². The van der Waals surface area contributed by atoms with Crippen LogP contribution in [0.3, 0.4) is 0 Å². The van der Waals surface area contributed by atoms with Crippen LogP contribution in [0.1, 0.15) is 31.2 Å². The van der Waals surface area contributed by atoms with Gasteiger partial charge in [-0.2, -0.15) is 0 Å². The first-order valence-corrected chi connectivity index (χ1v) is 9.78. The Morgan fingerprint density at radius 1 is 1.17 bits per heavy atom. The molecule has 0 fully saturated rings. The Morgan fingerprint density at radius 3 is 2.54 bits per heavy atom. The first-order valence-electron chi connectivity index (χ1n) is 7.41. The summed E-state index contributed by atoms with van der Waals surface area (Å²) in [5.74, 6) is 0.963. The average Bonchev–Trinajstić information content (AvgIpc) is 3.24. The lowest BCUT2D eigenvalue weighted by Crippen LogP contribution is -2.23. The van der Waals surface area contributed by atoms with Gasteiger partial charge in [-0.05, 0) is 35.1 Å². The summed E-state index contributed by atoms with van der Waals surface area (Å²) in [7, 11) is -3.62. The van der Waals surface area contributed by atoms with E-state index in [-0.39, 0.29) is 17.3 Å². The van der Waals surface area contributed by atoms with Gasteiger partial charge in [-0.1, -0.05) is 32.0 Å². The standard InChI is InChI=1S/C16H17N3O3S2/c1-11(2)12-5-7-13(8-6-12)24(20,21)17-10-15-18-19-16(22-15)14-4-3-9-23-14/h3-9,11,17H,10H2,1-2H3. The topological polar surface area (TPSA) is 85.1 Å². The molecule has 2 heterocycles. The number of nitrogens with one attached hydrogen (secondary N) is 1. The van der Waals surface area contributed by atoms with E-state index in [0.717, 1.165) is 10.4 Å². The van der Waals surface area contributed by atoms with Gasteiger partial charge in [0.2, 0.25) is 15.9 Å². The summed E-state index contributed by atoms with van der Waals surface area (Å²) in [6.45, 7) is 4.07. The summed E-state index contributed by atoms with van der Waals surface area (Å²) in [5, 5.41) is 9.70. The molecule has 0 unspecified atom stereocenters. The van der Waals surface area contributed by atoms with E-state index in [1.165, 1.54) is 11.3 Å². The van der Waals surface area contributed by atoms with Crippen LogP contribution in [0.25, 0.3) is 10.8 Å². The number of sulfonamides is 1. The zero-order valence-electron chi connectivity index (χ0n) is 13.3. The lowest BCUT2D eigenvalue weighted by Gasteiger charge is -2.08. The minimum atomic E-state index is -3.62. The molecule has 0 spiro atoms. The zero-order valence-corrected chi connectivity index (χ0v) is 14.9. The van der Waals surface area contributed by atoms with Crippen molar-refractivity contribution in [3.63, 3.8) is 0 Å². The molecule has 6 nitrogen and oxygen atoms in total. The summed E-state index contributed by atoms with van der Waals surface area (Å²) in [5.41, 5.74) is 1.09. The monoisotopic (exact) mass is 363 g/mol. The molecule has 0 saturated carbocycles. The molecular formula is C16H17N3O3S2. The lowest BCUT2D eigenvalue weighted by atomic mass is 10.0. The SMILES string of the molecule is CC(C)c1ccc(S(=O)(=O)NCc2nnc(-c3cccs3)o2)cc1. The second-order valence-corrected chi connectivity index (χ2v) is 8.24. The molecule has 3 rings (SSSR count). The first-order chi connectivity index (χ1) is 11.5. The quantitative estimate of drug-likeness (QED) is 0.725. The van der Waals surface area contributed by atoms with Gasteiger partial charge in [0.25, 0.3) is 5.89 Å². The summed E-state index contributed by atoms with van der Waals surface area (Å²) in [6.07, 6.45) is 0. The van der Waals surface area contributed by atoms with E-state index in [9.17, 15) is 8.42 Å². The van der Waals surface area contributed by atoms with E-state index in [1.54, 1.807) is 12.1 Å². The Balaban J connectivity index is 1.69. The maximum Gasteiger partial charge on any atom is 0.257 e. The lowest BCUT2D eigenvalue weighted by molar-refractivity contribution is 0.495. The van der Waals surface area contributed by atoms with Gasteiger partial charge in [0.05, 0.1) is 16.3 Å². The molecule has 0 radical (unpaired) electrons. The number of thiophene rings is 1. The molecule has 1 aromatic carbocycles. The minimum Gasteiger partial charge on any atom is -0.418 e. The molecule has 126 valence electrons. The normalized spacial score (nSPS) is 12.0. The Kier molecular flexibility index (Phi) is 4.79. The van der Waals surface area contributed by atoms with Gasteiger partial charge in [-0.25, -0.2) is 13.1 Å². The average molecular weight is 363 g/mol. The van der Waals surface area contributed by atoms with Crippen LogP contribution in [0, 0.1) is 0 Å². The highest BCUT2D eigenvalue weighted by Crippen LogP contribution is 2.23. The maximum atomic E-state index is 12.3. The summed E-state index contributed by atoms with van der Waals surface area (Å²) in [4.78, 5) is 1.06. The number of aromatic nitrogens is 2. The summed E-state index contributed by atoms with van der Waals surface area (Å²) < 4.78 is 32.6. The van der Waals surface area contributed by atoms with Crippen molar-refractivity contribution in [2.45, 2.75) is 31.2 Å². The maximum absolute atomic E-state index is 12.3. The van der Waals surface area contributed by atoms with Crippen LogP contribution < -0.4 is 4.72 Å². The van der Waals surface area contributed by atoms with E-state index in [2.05, 4.69) is 28.8 Å². The van der Waals surface area contributed by atoms with Crippen LogP contribution in [0.15, 0.2) is 51.1 Å². The van der Waals surface area contributed by atoms with Crippen LogP contribution in [0.5, 0.6) is 0 Å². The van der Waals surface area contributed by atoms with E-state index >= 15 is 0 Å². The van der Waals surface area contributed by atoms with Crippen molar-refractivity contribution >= 4 is 21.4 Å². The number of rotatable bonds is 6. The van der Waals surface area contributed by atoms with Gasteiger partial charge in [0, 0.05) is 0 Å². The number of nitrogens with zero attached hydrogens (tertiary/aromatic N) is 2. The third-order valence-electron chi connectivity index (χ3n) is 3.47. The Morgan fingerprint density at radius 2 is 1.92 bits per heavy atom. The van der Waals surface area contributed by atoms with Gasteiger partial charge in [-0.15, -0.1) is 21.5 Å². The van der Waals surface area contributed by atoms with Crippen molar-refractivity contribution in [2.75, 3.05) is 0 Å². The fraction of sp³-hybridized carbons (Fsp3) is 0.250. The van der Waals surface area contributed by atoms with Crippen LogP contribution in [0.4, 0.5) is 0 Å². The van der Waals surface area contributed by atoms with Gasteiger partial charge >= 0.3 is 0 Å². The predicted molar refractivity (Wildman–Crippen MR) is 92.2 cm³/mol. The largest absolute Gasteiger partial charge is 0.418 e. The molecule has 0 atom stereocenters. The summed E-state index contributed by atoms with van der Waals surface area (Å²) in [6, 6.07) is 10.6. The molecule has 0 aliphatic heterocycles. The molecule has 3 aromatic rings. The number of benzene rings is 1. The molecule has 0 aliphatic carbocycles. The molecule has 0 bridgehead atoms. The van der Waals surface area contributed by atoms with Gasteiger partial charge in [-0.3, -0.25) is 0 Å². The smallest absolute Gasteiger partial charge is 0.257 e. The Hall–Kier alpha value is -2.03. The van der Waals surface area contributed by atoms with E-state index < -0.39 is 10.0 Å². The molecule has 0 aliphatic rings. The molecule has 2 aromatic heterocycles. The minimum absolute atomic E-state index is 0.0490. The summed E-state index contributed by atoms with van der Waals surface area (Å²) >= 11 is 1.48. The number of hydrogen-bond acceptors (Lipinski definition) is 6. The van der Waals surface area contributed by atoms with Crippen molar-refractivity contribution in [2.24, 2.45) is 0 Å². The predicted octanol–water partition coefficient (Wildman–Crippen LogP) is 3.40. The third kappa shape index (κ3) is 3.72. The van der Waals surface area contributed by atoms with Gasteiger partial charge in [0.1, 0.15) is 0 Å². The van der Waals surface area contributed by atoms with Crippen LogP contribution in [-0.4, -0.2) is 18.6 Å². The van der Waals surface area contributed by atoms with Crippen LogP contribution in [-0.2, 0) is 16.6 Å². The van der Waals surface area contributed by atoms with Crippen molar-refractivity contribution in [1.29, 1.82) is 0 Å². The number of hydrogen-bond donors (Lipinski definition) is 1. The Bertz CT molecular complexity index is 898. The van der Waals surface area contributed by atoms with Crippen molar-refractivity contribution in [3.05, 3.63) is 53.2 Å². The highest BCUT2D eigenvalue weighted by molar-refractivity contribution is 7.89. The molecular weight excluding hydrogens is 346 g/mol. The molecule has 8 heteroatoms. The highest BCUT2D eigenvalue weighted by atomic mass is 32.2. The second kappa shape index (κ2) is 6.84. The first kappa shape index (κ1) is 16.8. The molecule has 1 N–H and O–H groups in total.